The molecule has 88 valence electrons. The van der Waals surface area contributed by atoms with E-state index in [0.717, 1.165) is 12.2 Å². The van der Waals surface area contributed by atoms with Crippen molar-refractivity contribution < 1.29 is 24.2 Å². The summed E-state index contributed by atoms with van der Waals surface area (Å²) in [5.74, 6) is -0.818. The standard InChI is InChI=1S/C11H7ClO5/c12-7-4-10-9(16-5-17-10)3-6(7)8(13)1-2-11(14)15/h1-4H,5H2,(H,14,15)/b2-1+. The van der Waals surface area contributed by atoms with Crippen LogP contribution in [-0.2, 0) is 4.79 Å². The van der Waals surface area contributed by atoms with Crippen LogP contribution in [0.5, 0.6) is 11.5 Å². The highest BCUT2D eigenvalue weighted by molar-refractivity contribution is 6.35. The van der Waals surface area contributed by atoms with E-state index in [-0.39, 0.29) is 17.4 Å². The van der Waals surface area contributed by atoms with E-state index in [1.165, 1.54) is 12.1 Å². The van der Waals surface area contributed by atoms with Gasteiger partial charge in [0.1, 0.15) is 0 Å². The highest BCUT2D eigenvalue weighted by Gasteiger charge is 2.18. The van der Waals surface area contributed by atoms with Crippen molar-refractivity contribution in [3.63, 3.8) is 0 Å². The molecule has 1 heterocycles. The molecule has 1 aliphatic rings. The fourth-order valence-corrected chi connectivity index (χ4v) is 1.59. The Morgan fingerprint density at radius 2 is 1.88 bits per heavy atom. The van der Waals surface area contributed by atoms with Crippen LogP contribution in [0.3, 0.4) is 0 Å². The Labute approximate surface area is 101 Å². The van der Waals surface area contributed by atoms with Gasteiger partial charge in [0, 0.05) is 17.7 Å². The number of carboxylic acid groups (broad SMARTS) is 1. The first kappa shape index (κ1) is 11.5. The van der Waals surface area contributed by atoms with Crippen molar-refractivity contribution in [3.05, 3.63) is 34.9 Å². The molecule has 0 fully saturated rings. The summed E-state index contributed by atoms with van der Waals surface area (Å²) in [6.45, 7) is 0.0777. The summed E-state index contributed by atoms with van der Waals surface area (Å²) in [5, 5.41) is 8.61. The zero-order valence-corrected chi connectivity index (χ0v) is 9.23. The van der Waals surface area contributed by atoms with Crippen molar-refractivity contribution in [2.45, 2.75) is 0 Å². The number of hydrogen-bond acceptors (Lipinski definition) is 4. The maximum absolute atomic E-state index is 11.6. The number of carbonyl (C=O) groups is 2. The molecule has 0 bridgehead atoms. The van der Waals surface area contributed by atoms with E-state index in [1.807, 2.05) is 0 Å². The summed E-state index contributed by atoms with van der Waals surface area (Å²) < 4.78 is 10.2. The normalized spacial score (nSPS) is 13.0. The quantitative estimate of drug-likeness (QED) is 0.659. The van der Waals surface area contributed by atoms with Crippen LogP contribution in [0.4, 0.5) is 0 Å². The summed E-state index contributed by atoms with van der Waals surface area (Å²) in [6.07, 6.45) is 1.69. The zero-order chi connectivity index (χ0) is 12.4. The predicted octanol–water partition coefficient (Wildman–Crippen LogP) is 1.89. The average Bonchev–Trinajstić information content (AvgIpc) is 2.71. The number of ketones is 1. The minimum Gasteiger partial charge on any atom is -0.478 e. The third-order valence-corrected chi connectivity index (χ3v) is 2.42. The van der Waals surface area contributed by atoms with Crippen LogP contribution >= 0.6 is 11.6 Å². The summed E-state index contributed by atoms with van der Waals surface area (Å²) in [7, 11) is 0. The maximum Gasteiger partial charge on any atom is 0.328 e. The van der Waals surface area contributed by atoms with Crippen LogP contribution in [0.25, 0.3) is 0 Å². The van der Waals surface area contributed by atoms with Crippen molar-refractivity contribution >= 4 is 23.4 Å². The molecule has 0 unspecified atom stereocenters. The lowest BCUT2D eigenvalue weighted by Crippen LogP contribution is -1.98. The molecule has 0 amide bonds. The number of rotatable bonds is 3. The smallest absolute Gasteiger partial charge is 0.328 e. The SMILES string of the molecule is O=C(O)/C=C/C(=O)c1cc2c(cc1Cl)OCO2. The molecule has 0 atom stereocenters. The monoisotopic (exact) mass is 254 g/mol. The molecule has 0 aromatic heterocycles. The Morgan fingerprint density at radius 1 is 1.24 bits per heavy atom. The van der Waals surface area contributed by atoms with Gasteiger partial charge in [-0.15, -0.1) is 0 Å². The zero-order valence-electron chi connectivity index (χ0n) is 8.47. The third-order valence-electron chi connectivity index (χ3n) is 2.11. The van der Waals surface area contributed by atoms with Crippen molar-refractivity contribution in [1.82, 2.24) is 0 Å². The molecule has 0 aliphatic carbocycles. The number of benzene rings is 1. The first-order chi connectivity index (χ1) is 8.08. The Kier molecular flexibility index (Phi) is 3.01. The molecule has 0 radical (unpaired) electrons. The Hall–Kier alpha value is -2.01. The van der Waals surface area contributed by atoms with Gasteiger partial charge >= 0.3 is 5.97 Å². The van der Waals surface area contributed by atoms with Gasteiger partial charge in [0.15, 0.2) is 17.3 Å². The van der Waals surface area contributed by atoms with Crippen molar-refractivity contribution in [1.29, 1.82) is 0 Å². The van der Waals surface area contributed by atoms with Crippen LogP contribution in [0.2, 0.25) is 5.02 Å². The highest BCUT2D eigenvalue weighted by Crippen LogP contribution is 2.36. The number of ether oxygens (including phenoxy) is 2. The van der Waals surface area contributed by atoms with Gasteiger partial charge in [-0.1, -0.05) is 11.6 Å². The highest BCUT2D eigenvalue weighted by atomic mass is 35.5. The number of halogens is 1. The molecular formula is C11H7ClO5. The molecule has 1 aromatic carbocycles. The molecule has 0 saturated heterocycles. The van der Waals surface area contributed by atoms with Gasteiger partial charge in [0.2, 0.25) is 6.79 Å². The lowest BCUT2D eigenvalue weighted by molar-refractivity contribution is -0.131. The topological polar surface area (TPSA) is 72.8 Å². The number of carboxylic acids is 1. The number of hydrogen-bond donors (Lipinski definition) is 1. The summed E-state index contributed by atoms with van der Waals surface area (Å²) in [4.78, 5) is 21.9. The number of allylic oxidation sites excluding steroid dienone is 1. The van der Waals surface area contributed by atoms with E-state index in [4.69, 9.17) is 26.2 Å². The Balaban J connectivity index is 2.33. The van der Waals surface area contributed by atoms with Gasteiger partial charge in [-0.05, 0) is 12.1 Å². The Bertz CT molecular complexity index is 521. The summed E-state index contributed by atoms with van der Waals surface area (Å²) in [6, 6.07) is 2.89. The fraction of sp³-hybridized carbons (Fsp3) is 0.0909. The summed E-state index contributed by atoms with van der Waals surface area (Å²) >= 11 is 5.88. The van der Waals surface area contributed by atoms with E-state index in [1.54, 1.807) is 0 Å². The first-order valence-corrected chi connectivity index (χ1v) is 5.00. The lowest BCUT2D eigenvalue weighted by Gasteiger charge is -2.02. The average molecular weight is 255 g/mol. The predicted molar refractivity (Wildman–Crippen MR) is 58.7 cm³/mol. The van der Waals surface area contributed by atoms with Gasteiger partial charge < -0.3 is 14.6 Å². The fourth-order valence-electron chi connectivity index (χ4n) is 1.34. The van der Waals surface area contributed by atoms with Crippen molar-refractivity contribution in [3.8, 4) is 11.5 Å². The van der Waals surface area contributed by atoms with E-state index in [9.17, 15) is 9.59 Å². The van der Waals surface area contributed by atoms with Crippen LogP contribution in [0.15, 0.2) is 24.3 Å². The minimum absolute atomic E-state index is 0.0777. The largest absolute Gasteiger partial charge is 0.478 e. The van der Waals surface area contributed by atoms with Gasteiger partial charge in [-0.2, -0.15) is 0 Å². The molecule has 1 aliphatic heterocycles. The van der Waals surface area contributed by atoms with Gasteiger partial charge in [-0.25, -0.2) is 4.79 Å². The second kappa shape index (κ2) is 4.47. The molecule has 17 heavy (non-hydrogen) atoms. The first-order valence-electron chi connectivity index (χ1n) is 4.62. The van der Waals surface area contributed by atoms with E-state index < -0.39 is 11.8 Å². The van der Waals surface area contributed by atoms with Crippen molar-refractivity contribution in [2.24, 2.45) is 0 Å². The summed E-state index contributed by atoms with van der Waals surface area (Å²) in [5.41, 5.74) is 0.174. The second-order valence-electron chi connectivity index (χ2n) is 3.22. The maximum atomic E-state index is 11.6. The van der Waals surface area contributed by atoms with Gasteiger partial charge in [-0.3, -0.25) is 4.79 Å². The molecule has 0 saturated carbocycles. The molecule has 2 rings (SSSR count). The van der Waals surface area contributed by atoms with Crippen molar-refractivity contribution in [2.75, 3.05) is 6.79 Å². The van der Waals surface area contributed by atoms with Gasteiger partial charge in [0.25, 0.3) is 0 Å². The van der Waals surface area contributed by atoms with Crippen LogP contribution in [-0.4, -0.2) is 23.7 Å². The molecule has 1 aromatic rings. The van der Waals surface area contributed by atoms with E-state index in [0.29, 0.717) is 11.5 Å². The van der Waals surface area contributed by atoms with E-state index in [2.05, 4.69) is 0 Å². The molecule has 5 nitrogen and oxygen atoms in total. The van der Waals surface area contributed by atoms with Crippen LogP contribution in [0.1, 0.15) is 10.4 Å². The lowest BCUT2D eigenvalue weighted by atomic mass is 10.1. The van der Waals surface area contributed by atoms with E-state index >= 15 is 0 Å². The number of carbonyl (C=O) groups excluding carboxylic acids is 1. The second-order valence-corrected chi connectivity index (χ2v) is 3.63. The molecule has 0 spiro atoms. The van der Waals surface area contributed by atoms with Gasteiger partial charge in [0.05, 0.1) is 5.02 Å². The minimum atomic E-state index is -1.20. The number of aliphatic carboxylic acids is 1. The third kappa shape index (κ3) is 2.39. The molecular weight excluding hydrogens is 248 g/mol. The van der Waals surface area contributed by atoms with Crippen LogP contribution in [0, 0.1) is 0 Å². The molecule has 6 heteroatoms. The van der Waals surface area contributed by atoms with Crippen LogP contribution < -0.4 is 9.47 Å². The number of fused-ring (bicyclic) bond motifs is 1. The Morgan fingerprint density at radius 3 is 2.53 bits per heavy atom. The molecule has 1 N–H and O–H groups in total.